The molecule has 0 bridgehead atoms. The van der Waals surface area contributed by atoms with Crippen molar-refractivity contribution >= 4 is 17.4 Å². The van der Waals surface area contributed by atoms with Crippen LogP contribution in [-0.4, -0.2) is 36.4 Å². The predicted octanol–water partition coefficient (Wildman–Crippen LogP) is 4.19. The summed E-state index contributed by atoms with van der Waals surface area (Å²) < 4.78 is 5.37. The maximum absolute atomic E-state index is 13.3. The molecule has 3 nitrogen and oxygen atoms in total. The average molecular weight is 310 g/mol. The average Bonchev–Trinajstić information content (AvgIpc) is 3.03. The molecule has 1 aliphatic rings. The predicted molar refractivity (Wildman–Crippen MR) is 86.5 cm³/mol. The molecule has 1 aromatic carbocycles. The Morgan fingerprint density at radius 3 is 2.43 bits per heavy atom. The molecular weight excluding hydrogens is 286 g/mol. The van der Waals surface area contributed by atoms with E-state index in [2.05, 4.69) is 18.7 Å². The van der Waals surface area contributed by atoms with Crippen LogP contribution in [0.3, 0.4) is 0 Å². The van der Waals surface area contributed by atoms with Crippen molar-refractivity contribution in [2.45, 2.75) is 45.1 Å². The Bertz CT molecular complexity index is 506. The number of ether oxygens (including phenoxy) is 1. The fourth-order valence-corrected chi connectivity index (χ4v) is 3.59. The van der Waals surface area contributed by atoms with Crippen LogP contribution in [0, 0.1) is 0 Å². The van der Waals surface area contributed by atoms with Gasteiger partial charge in [0, 0.05) is 5.02 Å². The number of carbonyl (C=O) groups is 1. The van der Waals surface area contributed by atoms with Crippen molar-refractivity contribution in [1.29, 1.82) is 0 Å². The molecule has 0 aromatic heterocycles. The summed E-state index contributed by atoms with van der Waals surface area (Å²) in [5.74, 6) is 0.739. The lowest BCUT2D eigenvalue weighted by atomic mass is 9.82. The topological polar surface area (TPSA) is 29.5 Å². The van der Waals surface area contributed by atoms with E-state index in [1.54, 1.807) is 25.3 Å². The molecule has 0 aliphatic carbocycles. The quantitative estimate of drug-likeness (QED) is 0.738. The van der Waals surface area contributed by atoms with Crippen LogP contribution in [0.25, 0.3) is 0 Å². The number of methoxy groups -OCH3 is 1. The minimum Gasteiger partial charge on any atom is -0.496 e. The van der Waals surface area contributed by atoms with Crippen LogP contribution in [0.1, 0.15) is 49.9 Å². The lowest BCUT2D eigenvalue weighted by Crippen LogP contribution is -2.52. The Kier molecular flexibility index (Phi) is 5.28. The van der Waals surface area contributed by atoms with Gasteiger partial charge in [0.15, 0.2) is 5.78 Å². The van der Waals surface area contributed by atoms with Crippen LogP contribution in [-0.2, 0) is 0 Å². The van der Waals surface area contributed by atoms with E-state index in [0.29, 0.717) is 16.3 Å². The molecule has 0 radical (unpaired) electrons. The van der Waals surface area contributed by atoms with E-state index in [-0.39, 0.29) is 5.78 Å². The van der Waals surface area contributed by atoms with Gasteiger partial charge in [-0.15, -0.1) is 0 Å². The number of hydrogen-bond acceptors (Lipinski definition) is 3. The number of nitrogens with zero attached hydrogens (tertiary/aromatic N) is 1. The Morgan fingerprint density at radius 1 is 1.29 bits per heavy atom. The van der Waals surface area contributed by atoms with Crippen molar-refractivity contribution in [3.63, 3.8) is 0 Å². The number of halogens is 1. The normalized spacial score (nSPS) is 16.2. The second-order valence-corrected chi connectivity index (χ2v) is 6.04. The molecule has 0 atom stereocenters. The number of carbonyl (C=O) groups excluding carboxylic acids is 1. The lowest BCUT2D eigenvalue weighted by molar-refractivity contribution is 0.0578. The van der Waals surface area contributed by atoms with E-state index in [4.69, 9.17) is 16.3 Å². The van der Waals surface area contributed by atoms with Crippen LogP contribution < -0.4 is 4.74 Å². The van der Waals surface area contributed by atoms with Gasteiger partial charge in [-0.05, 0) is 57.0 Å². The molecule has 0 saturated carbocycles. The highest BCUT2D eigenvalue weighted by atomic mass is 35.5. The highest BCUT2D eigenvalue weighted by molar-refractivity contribution is 6.31. The third-order valence-corrected chi connectivity index (χ3v) is 4.95. The fraction of sp³-hybridized carbons (Fsp3) is 0.588. The van der Waals surface area contributed by atoms with Gasteiger partial charge in [0.1, 0.15) is 5.75 Å². The van der Waals surface area contributed by atoms with Gasteiger partial charge >= 0.3 is 0 Å². The number of benzene rings is 1. The monoisotopic (exact) mass is 309 g/mol. The molecule has 0 unspecified atom stereocenters. The summed E-state index contributed by atoms with van der Waals surface area (Å²) in [6.45, 7) is 6.18. The third kappa shape index (κ3) is 2.95. The van der Waals surface area contributed by atoms with Crippen molar-refractivity contribution in [3.05, 3.63) is 28.8 Å². The van der Waals surface area contributed by atoms with E-state index in [1.807, 2.05) is 0 Å². The zero-order valence-corrected chi connectivity index (χ0v) is 13.9. The minimum absolute atomic E-state index is 0.133. The first-order valence-electron chi connectivity index (χ1n) is 7.72. The van der Waals surface area contributed by atoms with Gasteiger partial charge in [-0.1, -0.05) is 25.4 Å². The van der Waals surface area contributed by atoms with Gasteiger partial charge in [0.05, 0.1) is 18.2 Å². The van der Waals surface area contributed by atoms with E-state index in [0.717, 1.165) is 25.9 Å². The van der Waals surface area contributed by atoms with Gasteiger partial charge < -0.3 is 4.74 Å². The van der Waals surface area contributed by atoms with Crippen LogP contribution >= 0.6 is 11.6 Å². The SMILES string of the molecule is CCC(CC)(C(=O)c1cc(Cl)ccc1OC)N1CCCC1. The van der Waals surface area contributed by atoms with Crippen LogP contribution in [0.2, 0.25) is 5.02 Å². The molecule has 1 saturated heterocycles. The molecular formula is C17H24ClNO2. The second kappa shape index (κ2) is 6.80. The van der Waals surface area contributed by atoms with Gasteiger partial charge in [0.2, 0.25) is 0 Å². The van der Waals surface area contributed by atoms with Crippen LogP contribution in [0.4, 0.5) is 0 Å². The first-order valence-corrected chi connectivity index (χ1v) is 8.10. The Morgan fingerprint density at radius 2 is 1.90 bits per heavy atom. The maximum Gasteiger partial charge on any atom is 0.186 e. The minimum atomic E-state index is -0.436. The van der Waals surface area contributed by atoms with E-state index in [9.17, 15) is 4.79 Å². The molecule has 21 heavy (non-hydrogen) atoms. The van der Waals surface area contributed by atoms with Crippen molar-refractivity contribution < 1.29 is 9.53 Å². The van der Waals surface area contributed by atoms with E-state index < -0.39 is 5.54 Å². The molecule has 4 heteroatoms. The Hall–Kier alpha value is -1.06. The molecule has 1 fully saturated rings. The summed E-state index contributed by atoms with van der Waals surface area (Å²) in [4.78, 5) is 15.6. The third-order valence-electron chi connectivity index (χ3n) is 4.71. The number of Topliss-reactive ketones (excluding diaryl/α,β-unsaturated/α-hetero) is 1. The molecule has 0 amide bonds. The largest absolute Gasteiger partial charge is 0.496 e. The van der Waals surface area contributed by atoms with Crippen LogP contribution in [0.15, 0.2) is 18.2 Å². The summed E-state index contributed by atoms with van der Waals surface area (Å²) in [5, 5.41) is 0.571. The summed E-state index contributed by atoms with van der Waals surface area (Å²) in [6.07, 6.45) is 3.94. The number of likely N-dealkylation sites (tertiary alicyclic amines) is 1. The van der Waals surface area contributed by atoms with Crippen molar-refractivity contribution in [2.24, 2.45) is 0 Å². The zero-order chi connectivity index (χ0) is 15.5. The van der Waals surface area contributed by atoms with Crippen molar-refractivity contribution in [3.8, 4) is 5.75 Å². The molecule has 1 heterocycles. The zero-order valence-electron chi connectivity index (χ0n) is 13.1. The van der Waals surface area contributed by atoms with Gasteiger partial charge in [0.25, 0.3) is 0 Å². The number of ketones is 1. The number of rotatable bonds is 6. The lowest BCUT2D eigenvalue weighted by Gasteiger charge is -2.39. The second-order valence-electron chi connectivity index (χ2n) is 5.61. The molecule has 0 spiro atoms. The first kappa shape index (κ1) is 16.3. The summed E-state index contributed by atoms with van der Waals surface area (Å²) in [6, 6.07) is 5.26. The van der Waals surface area contributed by atoms with E-state index >= 15 is 0 Å². The summed E-state index contributed by atoms with van der Waals surface area (Å²) in [5.41, 5.74) is 0.162. The molecule has 1 aromatic rings. The van der Waals surface area contributed by atoms with Crippen molar-refractivity contribution in [1.82, 2.24) is 4.90 Å². The molecule has 0 N–H and O–H groups in total. The molecule has 116 valence electrons. The highest BCUT2D eigenvalue weighted by Crippen LogP contribution is 2.35. The van der Waals surface area contributed by atoms with Gasteiger partial charge in [-0.3, -0.25) is 9.69 Å². The Balaban J connectivity index is 2.45. The standard InChI is InChI=1S/C17H24ClNO2/c1-4-17(5-2,19-10-6-7-11-19)16(20)14-12-13(18)8-9-15(14)21-3/h8-9,12H,4-7,10-11H2,1-3H3. The maximum atomic E-state index is 13.3. The van der Waals surface area contributed by atoms with Crippen LogP contribution in [0.5, 0.6) is 5.75 Å². The summed E-state index contributed by atoms with van der Waals surface area (Å²) >= 11 is 6.09. The molecule has 1 aliphatic heterocycles. The van der Waals surface area contributed by atoms with Gasteiger partial charge in [-0.25, -0.2) is 0 Å². The Labute approximate surface area is 132 Å². The first-order chi connectivity index (χ1) is 10.1. The van der Waals surface area contributed by atoms with Crippen molar-refractivity contribution in [2.75, 3.05) is 20.2 Å². The summed E-state index contributed by atoms with van der Waals surface area (Å²) in [7, 11) is 1.59. The smallest absolute Gasteiger partial charge is 0.186 e. The number of hydrogen-bond donors (Lipinski definition) is 0. The molecule has 2 rings (SSSR count). The van der Waals surface area contributed by atoms with Gasteiger partial charge in [-0.2, -0.15) is 0 Å². The van der Waals surface area contributed by atoms with E-state index in [1.165, 1.54) is 12.8 Å². The highest BCUT2D eigenvalue weighted by Gasteiger charge is 2.43. The fourth-order valence-electron chi connectivity index (χ4n) is 3.42.